The number of carboxylic acids is 1. The zero-order valence-electron chi connectivity index (χ0n) is 3.60. The van der Waals surface area contributed by atoms with Crippen molar-refractivity contribution in [2.75, 3.05) is 0 Å². The molecule has 5 heteroatoms. The van der Waals surface area contributed by atoms with Gasteiger partial charge < -0.3 is 5.11 Å². The Balaban J connectivity index is -0.0000000267. The molecule has 0 bridgehead atoms. The van der Waals surface area contributed by atoms with Crippen LogP contribution in [0.5, 0.6) is 0 Å². The van der Waals surface area contributed by atoms with Gasteiger partial charge in [0.25, 0.3) is 0 Å². The first-order valence-electron chi connectivity index (χ1n) is 1.12. The summed E-state index contributed by atoms with van der Waals surface area (Å²) in [5.41, 5.74) is 0. The number of hydrogen-bond donors (Lipinski definition) is 1. The summed E-state index contributed by atoms with van der Waals surface area (Å²) >= 11 is 0. The Morgan fingerprint density at radius 2 is 1.75 bits per heavy atom. The van der Waals surface area contributed by atoms with Crippen molar-refractivity contribution in [2.24, 2.45) is 0 Å². The monoisotopic (exact) mass is 356 g/mol. The van der Waals surface area contributed by atoms with Crippen LogP contribution in [0.15, 0.2) is 12.7 Å². The summed E-state index contributed by atoms with van der Waals surface area (Å²) in [6.07, 6.45) is 0.833. The minimum atomic E-state index is -0.981. The zero-order valence-corrected chi connectivity index (χ0v) is 8.40. The van der Waals surface area contributed by atoms with Gasteiger partial charge in [-0.15, -0.1) is 0 Å². The number of hydrogen-bond acceptors (Lipinski definition) is 1. The second kappa shape index (κ2) is 16.2. The van der Waals surface area contributed by atoms with E-state index in [1.54, 1.807) is 0 Å². The molecule has 0 saturated heterocycles. The summed E-state index contributed by atoms with van der Waals surface area (Å²) in [4.78, 5) is 9.25. The third-order valence-corrected chi connectivity index (χ3v) is 0.175. The van der Waals surface area contributed by atoms with E-state index in [4.69, 9.17) is 5.11 Å². The normalized spacial score (nSPS) is 4.00. The summed E-state index contributed by atoms with van der Waals surface area (Å²) in [6, 6.07) is 0. The summed E-state index contributed by atoms with van der Waals surface area (Å²) in [7, 11) is 0. The SMILES string of the molecule is C=CC(=O)O.[La].[Mn].[SrH2]. The van der Waals surface area contributed by atoms with Gasteiger partial charge in [-0.05, 0) is 0 Å². The molecule has 0 aromatic rings. The van der Waals surface area contributed by atoms with Crippen LogP contribution in [-0.2, 0) is 21.9 Å². The summed E-state index contributed by atoms with van der Waals surface area (Å²) in [5, 5.41) is 7.60. The van der Waals surface area contributed by atoms with Crippen molar-refractivity contribution in [3.05, 3.63) is 12.7 Å². The average molecular weight is 356 g/mol. The second-order valence-corrected chi connectivity index (χ2v) is 0.542. The van der Waals surface area contributed by atoms with Crippen molar-refractivity contribution in [3.63, 3.8) is 0 Å². The van der Waals surface area contributed by atoms with Crippen molar-refractivity contribution < 1.29 is 62.6 Å². The average Bonchev–Trinajstić information content (AvgIpc) is 1.38. The molecule has 1 N–H and O–H groups in total. The molecule has 8 heavy (non-hydrogen) atoms. The molecule has 0 atom stereocenters. The summed E-state index contributed by atoms with van der Waals surface area (Å²) < 4.78 is 0. The Labute approximate surface area is 124 Å². The first-order chi connectivity index (χ1) is 2.27. The van der Waals surface area contributed by atoms with Gasteiger partial charge in [0.2, 0.25) is 0 Å². The summed E-state index contributed by atoms with van der Waals surface area (Å²) in [5.74, 6) is -0.981. The van der Waals surface area contributed by atoms with Crippen LogP contribution in [0, 0.1) is 35.6 Å². The van der Waals surface area contributed by atoms with Crippen LogP contribution < -0.4 is 0 Å². The molecule has 42 valence electrons. The molecular weight excluding hydrogens is 349 g/mol. The third kappa shape index (κ3) is 23.8. The Morgan fingerprint density at radius 1 is 1.62 bits per heavy atom. The van der Waals surface area contributed by atoms with Gasteiger partial charge in [-0.25, -0.2) is 4.79 Å². The van der Waals surface area contributed by atoms with Gasteiger partial charge in [0.05, 0.1) is 0 Å². The van der Waals surface area contributed by atoms with Crippen LogP contribution >= 0.6 is 0 Å². The molecule has 0 amide bonds. The van der Waals surface area contributed by atoms with Gasteiger partial charge in [-0.2, -0.15) is 0 Å². The van der Waals surface area contributed by atoms with Gasteiger partial charge in [-0.3, -0.25) is 0 Å². The van der Waals surface area contributed by atoms with Gasteiger partial charge in [0, 0.05) is 58.7 Å². The Hall–Kier alpha value is 2.40. The first kappa shape index (κ1) is 22.4. The van der Waals surface area contributed by atoms with E-state index in [1.165, 1.54) is 0 Å². The van der Waals surface area contributed by atoms with Crippen LogP contribution in [0.25, 0.3) is 0 Å². The van der Waals surface area contributed by atoms with E-state index >= 15 is 0 Å². The quantitative estimate of drug-likeness (QED) is 0.501. The van der Waals surface area contributed by atoms with E-state index in [-0.39, 0.29) is 98.1 Å². The number of rotatable bonds is 1. The van der Waals surface area contributed by atoms with E-state index in [9.17, 15) is 4.79 Å². The molecule has 0 heterocycles. The molecule has 0 aliphatic heterocycles. The van der Waals surface area contributed by atoms with E-state index in [0.717, 1.165) is 6.08 Å². The van der Waals surface area contributed by atoms with Crippen LogP contribution in [0.4, 0.5) is 0 Å². The molecule has 0 aliphatic rings. The van der Waals surface area contributed by atoms with Crippen molar-refractivity contribution >= 4 is 51.5 Å². The zero-order chi connectivity index (χ0) is 4.28. The van der Waals surface area contributed by atoms with Crippen LogP contribution in [0.3, 0.4) is 0 Å². The molecule has 0 spiro atoms. The molecule has 2 radical (unpaired) electrons. The van der Waals surface area contributed by atoms with Crippen molar-refractivity contribution in [2.45, 2.75) is 0 Å². The van der Waals surface area contributed by atoms with Crippen molar-refractivity contribution in [1.82, 2.24) is 0 Å². The number of carboxylic acid groups (broad SMARTS) is 1. The number of aliphatic carboxylic acids is 1. The molecule has 0 rings (SSSR count). The van der Waals surface area contributed by atoms with E-state index in [0.29, 0.717) is 0 Å². The van der Waals surface area contributed by atoms with Crippen LogP contribution in [-0.4, -0.2) is 56.6 Å². The molecule has 0 aromatic heterocycles. The van der Waals surface area contributed by atoms with Gasteiger partial charge >= 0.3 is 51.5 Å². The minimum absolute atomic E-state index is 0. The Bertz CT molecular complexity index is 68.3. The van der Waals surface area contributed by atoms with Gasteiger partial charge in [0.1, 0.15) is 0 Å². The topological polar surface area (TPSA) is 37.3 Å². The predicted molar refractivity (Wildman–Crippen MR) is 26.4 cm³/mol. The fourth-order valence-corrected chi connectivity index (χ4v) is 0. The fourth-order valence-electron chi connectivity index (χ4n) is 0. The van der Waals surface area contributed by atoms with E-state index in [1.807, 2.05) is 0 Å². The van der Waals surface area contributed by atoms with E-state index < -0.39 is 5.97 Å². The molecule has 2 nitrogen and oxygen atoms in total. The van der Waals surface area contributed by atoms with Gasteiger partial charge in [0.15, 0.2) is 0 Å². The molecular formula is C3H6LaMnO2Sr. The molecule has 0 aromatic carbocycles. The maximum atomic E-state index is 9.25. The molecule has 0 aliphatic carbocycles. The molecule has 0 fully saturated rings. The van der Waals surface area contributed by atoms with Crippen LogP contribution in [0.1, 0.15) is 0 Å². The Morgan fingerprint density at radius 3 is 1.75 bits per heavy atom. The third-order valence-electron chi connectivity index (χ3n) is 0.175. The van der Waals surface area contributed by atoms with Crippen molar-refractivity contribution in [3.8, 4) is 0 Å². The van der Waals surface area contributed by atoms with E-state index in [2.05, 4.69) is 6.58 Å². The van der Waals surface area contributed by atoms with Gasteiger partial charge in [-0.1, -0.05) is 6.58 Å². The Kier molecular flexibility index (Phi) is 45.4. The second-order valence-electron chi connectivity index (χ2n) is 0.542. The predicted octanol–water partition coefficient (Wildman–Crippen LogP) is -0.662. The number of carbonyl (C=O) groups is 1. The van der Waals surface area contributed by atoms with Crippen molar-refractivity contribution in [1.29, 1.82) is 0 Å². The maximum absolute atomic E-state index is 9.25. The first-order valence-corrected chi connectivity index (χ1v) is 1.12. The molecule has 0 unspecified atom stereocenters. The van der Waals surface area contributed by atoms with Crippen LogP contribution in [0.2, 0.25) is 0 Å². The summed E-state index contributed by atoms with van der Waals surface area (Å²) in [6.45, 7) is 2.96. The molecule has 0 saturated carbocycles. The fraction of sp³-hybridized carbons (Fsp3) is 0. The standard InChI is InChI=1S/C3H4O2.La.Mn.Sr.2H/c1-2-3(4)5;;;;;/h2H,1H2,(H,4,5);;;;;.